The van der Waals surface area contributed by atoms with Crippen LogP contribution in [0.2, 0.25) is 0 Å². The fraction of sp³-hybridized carbons (Fsp3) is 0.458. The summed E-state index contributed by atoms with van der Waals surface area (Å²) in [5, 5.41) is 10.5. The Morgan fingerprint density at radius 2 is 2.07 bits per heavy atom. The molecule has 0 spiro atoms. The molecule has 0 N–H and O–H groups in total. The Kier molecular flexibility index (Phi) is 6.01. The van der Waals surface area contributed by atoms with Crippen LogP contribution < -0.4 is 0 Å². The van der Waals surface area contributed by atoms with Crippen LogP contribution >= 0.6 is 11.8 Å². The van der Waals surface area contributed by atoms with Crippen molar-refractivity contribution >= 4 is 34.3 Å². The zero-order valence-electron chi connectivity index (χ0n) is 17.9. The molecule has 1 atom stereocenters. The fourth-order valence-electron chi connectivity index (χ4n) is 4.50. The van der Waals surface area contributed by atoms with Crippen LogP contribution in [0.4, 0.5) is 0 Å². The van der Waals surface area contributed by atoms with Crippen molar-refractivity contribution in [1.29, 1.82) is 5.26 Å². The zero-order chi connectivity index (χ0) is 21.3. The number of carbonyl (C=O) groups excluding carboxylic acids is 1. The molecule has 5 nitrogen and oxygen atoms in total. The maximum Gasteiger partial charge on any atom is 0.235 e. The summed E-state index contributed by atoms with van der Waals surface area (Å²) in [5.74, 6) is 0.173. The Balaban J connectivity index is 1.73. The van der Waals surface area contributed by atoms with Crippen molar-refractivity contribution in [3.8, 4) is 6.07 Å². The number of imidazole rings is 1. The van der Waals surface area contributed by atoms with Gasteiger partial charge in [0, 0.05) is 13.1 Å². The van der Waals surface area contributed by atoms with Gasteiger partial charge >= 0.3 is 0 Å². The van der Waals surface area contributed by atoms with E-state index in [0.717, 1.165) is 40.9 Å². The Bertz CT molecular complexity index is 1120. The molecule has 1 saturated carbocycles. The number of aryl methyl sites for hydroxylation is 1. The SMILES string of the molecule is CCc1cc(S[C@@H](C)C(=O)N(C)C2CCCCC2)n2c(nc3ccccc32)c1C#N. The van der Waals surface area contributed by atoms with Gasteiger partial charge in [-0.05, 0) is 49.9 Å². The molecule has 1 fully saturated rings. The largest absolute Gasteiger partial charge is 0.342 e. The van der Waals surface area contributed by atoms with E-state index in [1.54, 1.807) is 11.8 Å². The molecular formula is C24H28N4OS. The molecule has 0 unspecified atom stereocenters. The predicted molar refractivity (Wildman–Crippen MR) is 122 cm³/mol. The number of carbonyl (C=O) groups is 1. The number of benzene rings is 1. The van der Waals surface area contributed by atoms with E-state index in [2.05, 4.69) is 19.1 Å². The van der Waals surface area contributed by atoms with E-state index in [9.17, 15) is 10.1 Å². The van der Waals surface area contributed by atoms with Crippen LogP contribution in [-0.4, -0.2) is 38.5 Å². The Hall–Kier alpha value is -2.52. The third-order valence-electron chi connectivity index (χ3n) is 6.23. The highest BCUT2D eigenvalue weighted by molar-refractivity contribution is 8.00. The van der Waals surface area contributed by atoms with Crippen molar-refractivity contribution in [1.82, 2.24) is 14.3 Å². The highest BCUT2D eigenvalue weighted by Crippen LogP contribution is 2.33. The summed E-state index contributed by atoms with van der Waals surface area (Å²) < 4.78 is 2.04. The molecule has 2 aromatic heterocycles. The quantitative estimate of drug-likeness (QED) is 0.533. The Morgan fingerprint density at radius 1 is 1.33 bits per heavy atom. The van der Waals surface area contributed by atoms with Gasteiger partial charge in [0.2, 0.25) is 5.91 Å². The molecule has 6 heteroatoms. The van der Waals surface area contributed by atoms with Crippen LogP contribution in [0.25, 0.3) is 16.7 Å². The molecule has 1 aliphatic rings. The smallest absolute Gasteiger partial charge is 0.235 e. The van der Waals surface area contributed by atoms with E-state index in [4.69, 9.17) is 4.98 Å². The number of fused-ring (bicyclic) bond motifs is 3. The Morgan fingerprint density at radius 3 is 2.77 bits per heavy atom. The molecule has 0 bridgehead atoms. The summed E-state index contributed by atoms with van der Waals surface area (Å²) >= 11 is 1.56. The van der Waals surface area contributed by atoms with Gasteiger partial charge in [0.25, 0.3) is 0 Å². The van der Waals surface area contributed by atoms with Crippen LogP contribution in [0.15, 0.2) is 35.4 Å². The molecular weight excluding hydrogens is 392 g/mol. The van der Waals surface area contributed by atoms with Crippen LogP contribution in [0.5, 0.6) is 0 Å². The van der Waals surface area contributed by atoms with Gasteiger partial charge in [0.05, 0.1) is 26.9 Å². The van der Waals surface area contributed by atoms with Gasteiger partial charge in [0.15, 0.2) is 5.65 Å². The van der Waals surface area contributed by atoms with Gasteiger partial charge in [-0.1, -0.05) is 50.1 Å². The lowest BCUT2D eigenvalue weighted by Gasteiger charge is -2.32. The minimum Gasteiger partial charge on any atom is -0.342 e. The first-order valence-corrected chi connectivity index (χ1v) is 11.7. The summed E-state index contributed by atoms with van der Waals surface area (Å²) in [6.45, 7) is 4.04. The fourth-order valence-corrected chi connectivity index (χ4v) is 5.63. The molecule has 1 aliphatic carbocycles. The van der Waals surface area contributed by atoms with Gasteiger partial charge in [-0.25, -0.2) is 4.98 Å². The molecule has 0 aliphatic heterocycles. The monoisotopic (exact) mass is 420 g/mol. The van der Waals surface area contributed by atoms with Gasteiger partial charge in [-0.15, -0.1) is 0 Å². The third kappa shape index (κ3) is 3.67. The highest BCUT2D eigenvalue weighted by atomic mass is 32.2. The standard InChI is InChI=1S/C24H28N4OS/c1-4-17-14-22(30-16(2)24(29)27(3)18-10-6-5-7-11-18)28-21-13-9-8-12-20(21)26-23(28)19(17)15-25/h8-9,12-14,16,18H,4-7,10-11H2,1-3H3/t16-/m0/s1. The van der Waals surface area contributed by atoms with Crippen molar-refractivity contribution in [2.75, 3.05) is 7.05 Å². The summed E-state index contributed by atoms with van der Waals surface area (Å²) in [6, 6.07) is 12.7. The minimum absolute atomic E-state index is 0.173. The first-order valence-electron chi connectivity index (χ1n) is 10.8. The average Bonchev–Trinajstić information content (AvgIpc) is 3.18. The molecule has 2 heterocycles. The number of pyridine rings is 1. The summed E-state index contributed by atoms with van der Waals surface area (Å²) in [5.41, 5.74) is 4.11. The van der Waals surface area contributed by atoms with E-state index in [1.165, 1.54) is 19.3 Å². The van der Waals surface area contributed by atoms with Crippen molar-refractivity contribution in [2.24, 2.45) is 0 Å². The molecule has 30 heavy (non-hydrogen) atoms. The molecule has 1 amide bonds. The number of aromatic nitrogens is 2. The predicted octanol–water partition coefficient (Wildman–Crippen LogP) is 5.19. The summed E-state index contributed by atoms with van der Waals surface area (Å²) in [4.78, 5) is 19.9. The number of hydrogen-bond donors (Lipinski definition) is 0. The molecule has 0 radical (unpaired) electrons. The van der Waals surface area contributed by atoms with Gasteiger partial charge in [-0.3, -0.25) is 9.20 Å². The van der Waals surface area contributed by atoms with Crippen molar-refractivity contribution in [2.45, 2.75) is 68.7 Å². The van der Waals surface area contributed by atoms with Crippen LogP contribution in [0.3, 0.4) is 0 Å². The lowest BCUT2D eigenvalue weighted by Crippen LogP contribution is -2.42. The van der Waals surface area contributed by atoms with E-state index in [1.807, 2.05) is 47.5 Å². The lowest BCUT2D eigenvalue weighted by atomic mass is 9.94. The van der Waals surface area contributed by atoms with Crippen molar-refractivity contribution in [3.05, 3.63) is 41.5 Å². The van der Waals surface area contributed by atoms with E-state index in [0.29, 0.717) is 17.3 Å². The topological polar surface area (TPSA) is 61.4 Å². The average molecular weight is 421 g/mol. The first-order chi connectivity index (χ1) is 14.5. The zero-order valence-corrected chi connectivity index (χ0v) is 18.7. The number of thioether (sulfide) groups is 1. The summed E-state index contributed by atoms with van der Waals surface area (Å²) in [6.07, 6.45) is 6.65. The van der Waals surface area contributed by atoms with Crippen LogP contribution in [0, 0.1) is 11.3 Å². The molecule has 0 saturated heterocycles. The minimum atomic E-state index is -0.209. The van der Waals surface area contributed by atoms with Crippen molar-refractivity contribution < 1.29 is 4.79 Å². The number of para-hydroxylation sites is 2. The molecule has 1 aromatic carbocycles. The number of nitriles is 1. The number of nitrogens with zero attached hydrogens (tertiary/aromatic N) is 4. The molecule has 4 rings (SSSR count). The number of rotatable bonds is 5. The molecule has 3 aromatic rings. The van der Waals surface area contributed by atoms with Crippen LogP contribution in [-0.2, 0) is 11.2 Å². The van der Waals surface area contributed by atoms with Crippen LogP contribution in [0.1, 0.15) is 57.1 Å². The second kappa shape index (κ2) is 8.69. The number of amides is 1. The van der Waals surface area contributed by atoms with E-state index < -0.39 is 0 Å². The second-order valence-corrected chi connectivity index (χ2v) is 9.47. The maximum absolute atomic E-state index is 13.2. The molecule has 156 valence electrons. The second-order valence-electron chi connectivity index (χ2n) is 8.11. The van der Waals surface area contributed by atoms with Gasteiger partial charge < -0.3 is 4.90 Å². The number of hydrogen-bond acceptors (Lipinski definition) is 4. The highest BCUT2D eigenvalue weighted by Gasteiger charge is 2.27. The van der Waals surface area contributed by atoms with E-state index in [-0.39, 0.29) is 11.2 Å². The third-order valence-corrected chi connectivity index (χ3v) is 7.33. The van der Waals surface area contributed by atoms with Gasteiger partial charge in [-0.2, -0.15) is 5.26 Å². The first kappa shape index (κ1) is 20.7. The van der Waals surface area contributed by atoms with E-state index >= 15 is 0 Å². The van der Waals surface area contributed by atoms with Crippen molar-refractivity contribution in [3.63, 3.8) is 0 Å². The maximum atomic E-state index is 13.2. The summed E-state index contributed by atoms with van der Waals surface area (Å²) in [7, 11) is 1.95. The lowest BCUT2D eigenvalue weighted by molar-refractivity contribution is -0.131. The van der Waals surface area contributed by atoms with Gasteiger partial charge in [0.1, 0.15) is 6.07 Å². The normalized spacial score (nSPS) is 15.9. The Labute approximate surface area is 182 Å².